The quantitative estimate of drug-likeness (QED) is 0.112. The maximum atomic E-state index is 13.9. The molecule has 1 aliphatic rings. The molecule has 9 rings (SSSR count). The Hall–Kier alpha value is -8.02. The topological polar surface area (TPSA) is 165 Å². The SMILES string of the molecule is Cc1cccc(NC(=O)c2cc3ccccc3c(N=Nc3ccc4c(c3)C(=O)c3cc(N=Nc5c(O)c(C(=O)Nc6ccccc6Cl)cc6ccccc56)ccc3-4)c2O)c1. The summed E-state index contributed by atoms with van der Waals surface area (Å²) < 4.78 is 0. The van der Waals surface area contributed by atoms with E-state index in [0.29, 0.717) is 71.6 Å². The number of halogens is 1. The van der Waals surface area contributed by atoms with Crippen molar-refractivity contribution in [3.8, 4) is 22.6 Å². The van der Waals surface area contributed by atoms with Gasteiger partial charge < -0.3 is 20.8 Å². The van der Waals surface area contributed by atoms with E-state index in [4.69, 9.17) is 11.6 Å². The van der Waals surface area contributed by atoms with Gasteiger partial charge in [-0.1, -0.05) is 96.5 Å². The molecule has 0 heterocycles. The van der Waals surface area contributed by atoms with Crippen LogP contribution in [-0.2, 0) is 0 Å². The van der Waals surface area contributed by atoms with Crippen LogP contribution < -0.4 is 10.6 Å². The Kier molecular flexibility index (Phi) is 9.63. The monoisotopic (exact) mass is 806 g/mol. The van der Waals surface area contributed by atoms with E-state index >= 15 is 0 Å². The van der Waals surface area contributed by atoms with Gasteiger partial charge in [0.25, 0.3) is 11.8 Å². The van der Waals surface area contributed by atoms with Gasteiger partial charge in [-0.25, -0.2) is 0 Å². The minimum Gasteiger partial charge on any atom is -0.505 e. The highest BCUT2D eigenvalue weighted by molar-refractivity contribution is 6.34. The number of carbonyl (C=O) groups excluding carboxylic acids is 3. The number of azo groups is 2. The number of aryl methyl sites for hydroxylation is 1. The van der Waals surface area contributed by atoms with Crippen LogP contribution >= 0.6 is 11.6 Å². The fraction of sp³-hybridized carbons (Fsp3) is 0.0208. The molecular formula is C48H31ClN6O5. The number of anilines is 2. The zero-order valence-corrected chi connectivity index (χ0v) is 32.4. The number of hydrogen-bond donors (Lipinski definition) is 4. The molecule has 0 spiro atoms. The molecule has 0 fully saturated rings. The van der Waals surface area contributed by atoms with Crippen molar-refractivity contribution in [3.63, 3.8) is 0 Å². The standard InChI is InChI=1S/C48H31ClN6O5/c1-26-9-8-12-29(21-26)50-47(59)38-22-27-10-2-4-13-32(27)42(45(38)57)54-52-30-17-19-34-35-20-18-31(25-37(35)44(56)36(34)24-30)53-55-43-33-14-5-3-11-28(33)23-39(46(43)58)48(60)51-41-16-7-6-15-40(41)49/h2-25,57-58H,1H3,(H,50,59)(H,51,60). The minimum absolute atomic E-state index is 0.0187. The average Bonchev–Trinajstić information content (AvgIpc) is 3.53. The Bertz CT molecular complexity index is 3180. The van der Waals surface area contributed by atoms with Gasteiger partial charge in [0, 0.05) is 27.6 Å². The first-order chi connectivity index (χ1) is 29.1. The summed E-state index contributed by atoms with van der Waals surface area (Å²) in [6.07, 6.45) is 0. The molecular weight excluding hydrogens is 776 g/mol. The van der Waals surface area contributed by atoms with E-state index in [2.05, 4.69) is 31.1 Å². The number of phenolic OH excluding ortho intramolecular Hbond substituents is 2. The maximum Gasteiger partial charge on any atom is 0.259 e. The first-order valence-electron chi connectivity index (χ1n) is 18.7. The molecule has 8 aromatic carbocycles. The van der Waals surface area contributed by atoms with Crippen LogP contribution in [0.4, 0.5) is 34.1 Å². The molecule has 0 saturated heterocycles. The molecule has 1 aliphatic carbocycles. The van der Waals surface area contributed by atoms with Crippen LogP contribution in [0.25, 0.3) is 32.7 Å². The van der Waals surface area contributed by atoms with Crippen molar-refractivity contribution < 1.29 is 24.6 Å². The van der Waals surface area contributed by atoms with Crippen molar-refractivity contribution in [2.75, 3.05) is 10.6 Å². The number of amides is 2. The number of phenols is 2. The number of para-hydroxylation sites is 1. The lowest BCUT2D eigenvalue weighted by atomic mass is 10.0. The van der Waals surface area contributed by atoms with E-state index in [9.17, 15) is 24.6 Å². The van der Waals surface area contributed by atoms with E-state index in [1.807, 2.05) is 43.3 Å². The normalized spacial score (nSPS) is 12.0. The molecule has 60 heavy (non-hydrogen) atoms. The predicted molar refractivity (Wildman–Crippen MR) is 233 cm³/mol. The third kappa shape index (κ3) is 6.99. The molecule has 2 amide bonds. The molecule has 4 N–H and O–H groups in total. The van der Waals surface area contributed by atoms with Crippen LogP contribution in [0, 0.1) is 6.92 Å². The van der Waals surface area contributed by atoms with Gasteiger partial charge in [0.1, 0.15) is 11.4 Å². The summed E-state index contributed by atoms with van der Waals surface area (Å²) in [5.74, 6) is -2.05. The van der Waals surface area contributed by atoms with Crippen molar-refractivity contribution in [3.05, 3.63) is 178 Å². The summed E-state index contributed by atoms with van der Waals surface area (Å²) in [4.78, 5) is 40.6. The van der Waals surface area contributed by atoms with Gasteiger partial charge in [-0.05, 0) is 95.1 Å². The number of carbonyl (C=O) groups is 3. The molecule has 290 valence electrons. The molecule has 11 nitrogen and oxygen atoms in total. The smallest absolute Gasteiger partial charge is 0.259 e. The van der Waals surface area contributed by atoms with Gasteiger partial charge in [0.05, 0.1) is 33.2 Å². The van der Waals surface area contributed by atoms with E-state index in [1.165, 1.54) is 0 Å². The molecule has 0 radical (unpaired) electrons. The maximum absolute atomic E-state index is 13.9. The van der Waals surface area contributed by atoms with Gasteiger partial charge >= 0.3 is 0 Å². The van der Waals surface area contributed by atoms with Crippen LogP contribution in [0.5, 0.6) is 11.5 Å². The highest BCUT2D eigenvalue weighted by atomic mass is 35.5. The minimum atomic E-state index is -0.581. The van der Waals surface area contributed by atoms with E-state index in [0.717, 1.165) is 5.56 Å². The van der Waals surface area contributed by atoms with Crippen molar-refractivity contribution >= 4 is 84.9 Å². The fourth-order valence-electron chi connectivity index (χ4n) is 7.25. The second kappa shape index (κ2) is 15.4. The van der Waals surface area contributed by atoms with Crippen LogP contribution in [0.15, 0.2) is 166 Å². The number of nitrogens with one attached hydrogen (secondary N) is 2. The van der Waals surface area contributed by atoms with Gasteiger partial charge in [0.15, 0.2) is 17.3 Å². The third-order valence-electron chi connectivity index (χ3n) is 10.2. The zero-order valence-electron chi connectivity index (χ0n) is 31.6. The number of ketones is 1. The second-order valence-electron chi connectivity index (χ2n) is 14.1. The zero-order chi connectivity index (χ0) is 41.5. The fourth-order valence-corrected chi connectivity index (χ4v) is 7.43. The summed E-state index contributed by atoms with van der Waals surface area (Å²) in [5, 5.41) is 48.8. The number of aromatic hydroxyl groups is 2. The van der Waals surface area contributed by atoms with Crippen molar-refractivity contribution in [2.24, 2.45) is 20.5 Å². The number of rotatable bonds is 8. The average molecular weight is 807 g/mol. The number of fused-ring (bicyclic) bond motifs is 5. The Labute approximate surface area is 347 Å². The predicted octanol–water partition coefficient (Wildman–Crippen LogP) is 12.9. The lowest BCUT2D eigenvalue weighted by Gasteiger charge is -2.12. The van der Waals surface area contributed by atoms with Gasteiger partial charge in [0.2, 0.25) is 0 Å². The van der Waals surface area contributed by atoms with Crippen LogP contribution in [0.1, 0.15) is 42.2 Å². The highest BCUT2D eigenvalue weighted by Gasteiger charge is 2.28. The Balaban J connectivity index is 0.994. The Morgan fingerprint density at radius 3 is 1.60 bits per heavy atom. The van der Waals surface area contributed by atoms with E-state index in [1.54, 1.807) is 109 Å². The second-order valence-corrected chi connectivity index (χ2v) is 14.5. The lowest BCUT2D eigenvalue weighted by molar-refractivity contribution is 0.101. The Morgan fingerprint density at radius 1 is 0.533 bits per heavy atom. The number of benzene rings is 8. The first kappa shape index (κ1) is 37.6. The summed E-state index contributed by atoms with van der Waals surface area (Å²) in [6.45, 7) is 1.92. The molecule has 0 atom stereocenters. The molecule has 0 aromatic heterocycles. The molecule has 0 aliphatic heterocycles. The van der Waals surface area contributed by atoms with Gasteiger partial charge in [-0.2, -0.15) is 10.2 Å². The summed E-state index contributed by atoms with van der Waals surface area (Å²) in [7, 11) is 0. The molecule has 0 bridgehead atoms. The molecule has 12 heteroatoms. The number of hydrogen-bond acceptors (Lipinski definition) is 9. The summed E-state index contributed by atoms with van der Waals surface area (Å²) in [6, 6.07) is 41.9. The van der Waals surface area contributed by atoms with Crippen LogP contribution in [0.3, 0.4) is 0 Å². The van der Waals surface area contributed by atoms with E-state index in [-0.39, 0.29) is 39.8 Å². The molecule has 0 unspecified atom stereocenters. The number of nitrogens with zero attached hydrogens (tertiary/aromatic N) is 4. The summed E-state index contributed by atoms with van der Waals surface area (Å²) in [5.41, 5.74) is 5.04. The highest BCUT2D eigenvalue weighted by Crippen LogP contribution is 2.44. The first-order valence-corrected chi connectivity index (χ1v) is 19.1. The van der Waals surface area contributed by atoms with Crippen LogP contribution in [0.2, 0.25) is 5.02 Å². The summed E-state index contributed by atoms with van der Waals surface area (Å²) >= 11 is 6.26. The van der Waals surface area contributed by atoms with Crippen molar-refractivity contribution in [1.82, 2.24) is 0 Å². The van der Waals surface area contributed by atoms with Crippen molar-refractivity contribution in [2.45, 2.75) is 6.92 Å². The van der Waals surface area contributed by atoms with E-state index < -0.39 is 11.8 Å². The molecule has 0 saturated carbocycles. The lowest BCUT2D eigenvalue weighted by Crippen LogP contribution is -2.12. The van der Waals surface area contributed by atoms with Crippen molar-refractivity contribution in [1.29, 1.82) is 0 Å². The Morgan fingerprint density at radius 2 is 1.05 bits per heavy atom. The largest absolute Gasteiger partial charge is 0.505 e. The molecule has 8 aromatic rings. The van der Waals surface area contributed by atoms with Crippen LogP contribution in [-0.4, -0.2) is 27.8 Å². The third-order valence-corrected chi connectivity index (χ3v) is 10.5. The van der Waals surface area contributed by atoms with Gasteiger partial charge in [-0.3, -0.25) is 14.4 Å². The van der Waals surface area contributed by atoms with Gasteiger partial charge in [-0.15, -0.1) is 10.2 Å².